The first kappa shape index (κ1) is 21.7. The average molecular weight is 371 g/mol. The largest absolute Gasteiger partial charge is 0.547 e. The standard InChI is InChI=1S/C19H34O5Si/c1-18(2,3)17(21)22-13-15-10-9-14(11-12-16(20)23-15)24-25(7,8)19(4,5)6/h9,15H,10-13H2,1-8H3/b14-9+/t15-/m1/s1. The van der Waals surface area contributed by atoms with Crippen molar-refractivity contribution in [2.75, 3.05) is 6.61 Å². The van der Waals surface area contributed by atoms with Crippen LogP contribution in [-0.4, -0.2) is 33.0 Å². The van der Waals surface area contributed by atoms with Crippen LogP contribution in [0.5, 0.6) is 0 Å². The highest BCUT2D eigenvalue weighted by molar-refractivity contribution is 6.74. The summed E-state index contributed by atoms with van der Waals surface area (Å²) in [4.78, 5) is 23.9. The van der Waals surface area contributed by atoms with Crippen molar-refractivity contribution >= 4 is 20.3 Å². The van der Waals surface area contributed by atoms with E-state index in [1.54, 1.807) is 20.8 Å². The molecule has 0 fully saturated rings. The Balaban J connectivity index is 2.77. The molecule has 0 N–H and O–H groups in total. The number of hydrogen-bond acceptors (Lipinski definition) is 5. The van der Waals surface area contributed by atoms with E-state index in [0.29, 0.717) is 12.8 Å². The number of ether oxygens (including phenoxy) is 2. The van der Waals surface area contributed by atoms with Gasteiger partial charge in [-0.3, -0.25) is 9.59 Å². The summed E-state index contributed by atoms with van der Waals surface area (Å²) in [6.07, 6.45) is 2.86. The maximum Gasteiger partial charge on any atom is 0.311 e. The molecule has 1 heterocycles. The number of allylic oxidation sites excluding steroid dienone is 1. The van der Waals surface area contributed by atoms with Crippen molar-refractivity contribution in [2.24, 2.45) is 5.41 Å². The molecular weight excluding hydrogens is 336 g/mol. The van der Waals surface area contributed by atoms with Gasteiger partial charge < -0.3 is 13.9 Å². The number of esters is 2. The second-order valence-corrected chi connectivity index (χ2v) is 14.0. The number of carbonyl (C=O) groups excluding carboxylic acids is 2. The zero-order valence-electron chi connectivity index (χ0n) is 17.0. The van der Waals surface area contributed by atoms with Crippen molar-refractivity contribution in [3.8, 4) is 0 Å². The molecule has 0 spiro atoms. The Morgan fingerprint density at radius 3 is 2.32 bits per heavy atom. The lowest BCUT2D eigenvalue weighted by molar-refractivity contribution is -0.164. The summed E-state index contributed by atoms with van der Waals surface area (Å²) in [5.41, 5.74) is -0.571. The molecule has 6 heteroatoms. The normalized spacial score (nSPS) is 22.2. The minimum Gasteiger partial charge on any atom is -0.547 e. The van der Waals surface area contributed by atoms with E-state index in [-0.39, 0.29) is 30.0 Å². The highest BCUT2D eigenvalue weighted by Gasteiger charge is 2.39. The van der Waals surface area contributed by atoms with Crippen LogP contribution in [0.25, 0.3) is 0 Å². The summed E-state index contributed by atoms with van der Waals surface area (Å²) in [7, 11) is -1.94. The van der Waals surface area contributed by atoms with Crippen molar-refractivity contribution in [3.63, 3.8) is 0 Å². The second-order valence-electron chi connectivity index (χ2n) is 9.23. The molecule has 0 aromatic carbocycles. The van der Waals surface area contributed by atoms with Crippen LogP contribution < -0.4 is 0 Å². The van der Waals surface area contributed by atoms with Crippen LogP contribution in [0.1, 0.15) is 60.8 Å². The van der Waals surface area contributed by atoms with E-state index < -0.39 is 19.8 Å². The van der Waals surface area contributed by atoms with Crippen LogP contribution in [0.3, 0.4) is 0 Å². The molecule has 0 bridgehead atoms. The van der Waals surface area contributed by atoms with Crippen LogP contribution in [0.4, 0.5) is 0 Å². The second kappa shape index (κ2) is 7.93. The Hall–Kier alpha value is -1.30. The molecule has 0 saturated carbocycles. The molecule has 0 aliphatic carbocycles. The van der Waals surface area contributed by atoms with Crippen molar-refractivity contribution < 1.29 is 23.5 Å². The van der Waals surface area contributed by atoms with Crippen molar-refractivity contribution in [1.82, 2.24) is 0 Å². The lowest BCUT2D eigenvalue weighted by Gasteiger charge is -2.37. The van der Waals surface area contributed by atoms with Gasteiger partial charge in [-0.2, -0.15) is 0 Å². The molecule has 1 rings (SSSR count). The molecule has 144 valence electrons. The van der Waals surface area contributed by atoms with E-state index in [2.05, 4.69) is 33.9 Å². The van der Waals surface area contributed by atoms with Gasteiger partial charge in [-0.15, -0.1) is 0 Å². The predicted molar refractivity (Wildman–Crippen MR) is 101 cm³/mol. The van der Waals surface area contributed by atoms with Gasteiger partial charge in [-0.25, -0.2) is 0 Å². The maximum atomic E-state index is 12.0. The molecule has 0 saturated heterocycles. The smallest absolute Gasteiger partial charge is 0.311 e. The Morgan fingerprint density at radius 2 is 1.80 bits per heavy atom. The summed E-state index contributed by atoms with van der Waals surface area (Å²) >= 11 is 0. The van der Waals surface area contributed by atoms with Crippen molar-refractivity contribution in [2.45, 2.75) is 85.0 Å². The first-order chi connectivity index (χ1) is 11.2. The first-order valence-corrected chi connectivity index (χ1v) is 11.9. The van der Waals surface area contributed by atoms with Gasteiger partial charge in [0.15, 0.2) is 0 Å². The fraction of sp³-hybridized carbons (Fsp3) is 0.789. The zero-order chi connectivity index (χ0) is 19.5. The fourth-order valence-corrected chi connectivity index (χ4v) is 3.09. The molecular formula is C19H34O5Si. The number of carbonyl (C=O) groups is 2. The first-order valence-electron chi connectivity index (χ1n) is 8.97. The Labute approximate surface area is 153 Å². The Bertz CT molecular complexity index is 523. The van der Waals surface area contributed by atoms with E-state index in [1.807, 2.05) is 6.08 Å². The lowest BCUT2D eigenvalue weighted by atomic mass is 9.97. The summed E-state index contributed by atoms with van der Waals surface area (Å²) < 4.78 is 17.0. The van der Waals surface area contributed by atoms with Gasteiger partial charge in [0.1, 0.15) is 12.7 Å². The number of rotatable bonds is 4. The molecule has 0 unspecified atom stereocenters. The number of hydrogen-bond donors (Lipinski definition) is 0. The zero-order valence-corrected chi connectivity index (χ0v) is 18.0. The molecule has 0 radical (unpaired) electrons. The van der Waals surface area contributed by atoms with Gasteiger partial charge >= 0.3 is 11.9 Å². The van der Waals surface area contributed by atoms with Gasteiger partial charge in [0.05, 0.1) is 17.6 Å². The predicted octanol–water partition coefficient (Wildman–Crippen LogP) is 4.58. The van der Waals surface area contributed by atoms with Gasteiger partial charge in [0.2, 0.25) is 8.32 Å². The van der Waals surface area contributed by atoms with Crippen molar-refractivity contribution in [3.05, 3.63) is 11.8 Å². The molecule has 1 aliphatic heterocycles. The summed E-state index contributed by atoms with van der Waals surface area (Å²) in [6.45, 7) is 16.4. The monoisotopic (exact) mass is 370 g/mol. The highest BCUT2D eigenvalue weighted by atomic mass is 28.4. The van der Waals surface area contributed by atoms with Crippen LogP contribution >= 0.6 is 0 Å². The topological polar surface area (TPSA) is 61.8 Å². The molecule has 0 aromatic rings. The van der Waals surface area contributed by atoms with Gasteiger partial charge in [-0.05, 0) is 45.0 Å². The van der Waals surface area contributed by atoms with E-state index in [1.165, 1.54) is 0 Å². The lowest BCUT2D eigenvalue weighted by Crippen LogP contribution is -2.40. The Kier molecular flexibility index (Phi) is 6.90. The molecule has 0 amide bonds. The highest BCUT2D eigenvalue weighted by Crippen LogP contribution is 2.38. The molecule has 25 heavy (non-hydrogen) atoms. The van der Waals surface area contributed by atoms with Crippen LogP contribution in [0.2, 0.25) is 18.1 Å². The van der Waals surface area contributed by atoms with Gasteiger partial charge in [-0.1, -0.05) is 20.8 Å². The third-order valence-corrected chi connectivity index (χ3v) is 9.07. The van der Waals surface area contributed by atoms with E-state index in [4.69, 9.17) is 13.9 Å². The number of cyclic esters (lactones) is 1. The van der Waals surface area contributed by atoms with Crippen molar-refractivity contribution in [1.29, 1.82) is 0 Å². The molecule has 1 atom stereocenters. The maximum absolute atomic E-state index is 12.0. The molecule has 1 aliphatic rings. The third kappa shape index (κ3) is 6.84. The minimum atomic E-state index is -1.94. The third-order valence-electron chi connectivity index (χ3n) is 4.69. The van der Waals surface area contributed by atoms with E-state index in [9.17, 15) is 9.59 Å². The molecule has 5 nitrogen and oxygen atoms in total. The summed E-state index contributed by atoms with van der Waals surface area (Å²) in [5.74, 6) is 0.281. The quantitative estimate of drug-likeness (QED) is 0.535. The fourth-order valence-electron chi connectivity index (χ4n) is 1.94. The summed E-state index contributed by atoms with van der Waals surface area (Å²) in [5, 5.41) is 0.0956. The van der Waals surface area contributed by atoms with Crippen LogP contribution in [0, 0.1) is 5.41 Å². The van der Waals surface area contributed by atoms with E-state index in [0.717, 1.165) is 5.76 Å². The van der Waals surface area contributed by atoms with Crippen LogP contribution in [-0.2, 0) is 23.5 Å². The summed E-state index contributed by atoms with van der Waals surface area (Å²) in [6, 6.07) is 0. The average Bonchev–Trinajstić information content (AvgIpc) is 2.42. The van der Waals surface area contributed by atoms with Crippen LogP contribution in [0.15, 0.2) is 11.8 Å². The minimum absolute atomic E-state index is 0.0751. The van der Waals surface area contributed by atoms with Gasteiger partial charge in [0.25, 0.3) is 0 Å². The SMILES string of the molecule is CC(C)(C)C(=O)OC[C@H]1C/C=C(/O[Si](C)(C)C(C)(C)C)CCC(=O)O1. The molecule has 0 aromatic heterocycles. The van der Waals surface area contributed by atoms with Gasteiger partial charge in [0, 0.05) is 12.8 Å². The Morgan fingerprint density at radius 1 is 1.20 bits per heavy atom. The van der Waals surface area contributed by atoms with E-state index >= 15 is 0 Å².